The lowest BCUT2D eigenvalue weighted by Gasteiger charge is -2.39. The highest BCUT2D eigenvalue weighted by Gasteiger charge is 2.34. The summed E-state index contributed by atoms with van der Waals surface area (Å²) in [6.07, 6.45) is 2.85. The van der Waals surface area contributed by atoms with Gasteiger partial charge in [-0.1, -0.05) is 6.07 Å². The molecule has 1 saturated heterocycles. The van der Waals surface area contributed by atoms with Crippen molar-refractivity contribution in [3.05, 3.63) is 35.4 Å². The van der Waals surface area contributed by atoms with E-state index in [1.807, 2.05) is 6.07 Å². The Morgan fingerprint density at radius 3 is 2.86 bits per heavy atom. The molecule has 0 aromatic heterocycles. The number of carbonyl (C=O) groups is 1. The van der Waals surface area contributed by atoms with E-state index in [1.165, 1.54) is 0 Å². The van der Waals surface area contributed by atoms with E-state index in [-0.39, 0.29) is 24.2 Å². The topological polar surface area (TPSA) is 71.4 Å². The van der Waals surface area contributed by atoms with Crippen LogP contribution in [0.4, 0.5) is 0 Å². The number of carbonyl (C=O) groups excluding carboxylic acids is 1. The lowest BCUT2D eigenvalue weighted by atomic mass is 9.89. The molecule has 3 atom stereocenters. The number of amides is 1. The highest BCUT2D eigenvalue weighted by molar-refractivity contribution is 5.94. The van der Waals surface area contributed by atoms with E-state index in [0.717, 1.165) is 19.3 Å². The molecule has 21 heavy (non-hydrogen) atoms. The van der Waals surface area contributed by atoms with Crippen LogP contribution < -0.4 is 5.32 Å². The standard InChI is InChI=1S/C16H18N2O3/c17-10-11-2-1-3-12(8-11)16(19)18-13-4-5-14-15(9-13)21-7-6-20-14/h1-3,8,13-15H,4-7,9H2,(H,18,19)/t13-,14+,15+/m1/s1. The van der Waals surface area contributed by atoms with Crippen molar-refractivity contribution in [1.29, 1.82) is 5.26 Å². The van der Waals surface area contributed by atoms with Crippen molar-refractivity contribution < 1.29 is 14.3 Å². The molecule has 0 spiro atoms. The molecule has 1 N–H and O–H groups in total. The number of rotatable bonds is 2. The average molecular weight is 286 g/mol. The monoisotopic (exact) mass is 286 g/mol. The summed E-state index contributed by atoms with van der Waals surface area (Å²) in [6, 6.07) is 8.90. The van der Waals surface area contributed by atoms with Gasteiger partial charge in [-0.3, -0.25) is 4.79 Å². The lowest BCUT2D eigenvalue weighted by molar-refractivity contribution is -0.157. The number of nitrogens with one attached hydrogen (secondary N) is 1. The molecule has 0 bridgehead atoms. The minimum atomic E-state index is -0.132. The van der Waals surface area contributed by atoms with E-state index in [4.69, 9.17) is 14.7 Å². The number of hydrogen-bond donors (Lipinski definition) is 1. The van der Waals surface area contributed by atoms with Crippen molar-refractivity contribution in [3.8, 4) is 6.07 Å². The predicted molar refractivity (Wildman–Crippen MR) is 75.7 cm³/mol. The van der Waals surface area contributed by atoms with E-state index in [2.05, 4.69) is 5.32 Å². The molecule has 1 aliphatic heterocycles. The molecule has 110 valence electrons. The highest BCUT2D eigenvalue weighted by Crippen LogP contribution is 2.27. The highest BCUT2D eigenvalue weighted by atomic mass is 16.6. The maximum atomic E-state index is 12.2. The van der Waals surface area contributed by atoms with Gasteiger partial charge in [0, 0.05) is 11.6 Å². The van der Waals surface area contributed by atoms with Crippen LogP contribution in [0.5, 0.6) is 0 Å². The molecule has 1 heterocycles. The van der Waals surface area contributed by atoms with Gasteiger partial charge in [0.1, 0.15) is 0 Å². The second-order valence-corrected chi connectivity index (χ2v) is 5.49. The molecule has 5 heteroatoms. The zero-order valence-corrected chi connectivity index (χ0v) is 11.7. The van der Waals surface area contributed by atoms with Gasteiger partial charge < -0.3 is 14.8 Å². The molecule has 3 rings (SSSR count). The Kier molecular flexibility index (Phi) is 4.18. The Labute approximate surface area is 123 Å². The van der Waals surface area contributed by atoms with Gasteiger partial charge in [-0.05, 0) is 37.5 Å². The number of ether oxygens (including phenoxy) is 2. The van der Waals surface area contributed by atoms with Gasteiger partial charge in [-0.25, -0.2) is 0 Å². The molecular weight excluding hydrogens is 268 g/mol. The van der Waals surface area contributed by atoms with Crippen LogP contribution in [0, 0.1) is 11.3 Å². The molecule has 1 aromatic rings. The Morgan fingerprint density at radius 2 is 2.05 bits per heavy atom. The third kappa shape index (κ3) is 3.23. The van der Waals surface area contributed by atoms with Crippen molar-refractivity contribution >= 4 is 5.91 Å². The van der Waals surface area contributed by atoms with Crippen LogP contribution in [0.25, 0.3) is 0 Å². The molecule has 1 aliphatic carbocycles. The summed E-state index contributed by atoms with van der Waals surface area (Å²) < 4.78 is 11.4. The fourth-order valence-electron chi connectivity index (χ4n) is 3.00. The third-order valence-corrected chi connectivity index (χ3v) is 4.07. The fraction of sp³-hybridized carbons (Fsp3) is 0.500. The summed E-state index contributed by atoms with van der Waals surface area (Å²) in [5.74, 6) is -0.132. The van der Waals surface area contributed by atoms with Gasteiger partial charge >= 0.3 is 0 Å². The van der Waals surface area contributed by atoms with Gasteiger partial charge in [0.15, 0.2) is 0 Å². The Hall–Kier alpha value is -1.90. The van der Waals surface area contributed by atoms with Crippen molar-refractivity contribution in [1.82, 2.24) is 5.32 Å². The first kappa shape index (κ1) is 14.1. The molecular formula is C16H18N2O3. The van der Waals surface area contributed by atoms with Crippen molar-refractivity contribution in [2.75, 3.05) is 13.2 Å². The van der Waals surface area contributed by atoms with Gasteiger partial charge in [-0.15, -0.1) is 0 Å². The summed E-state index contributed by atoms with van der Waals surface area (Å²) in [7, 11) is 0. The fourth-order valence-corrected chi connectivity index (χ4v) is 3.00. The second-order valence-electron chi connectivity index (χ2n) is 5.49. The molecule has 1 saturated carbocycles. The number of nitrogens with zero attached hydrogens (tertiary/aromatic N) is 1. The Morgan fingerprint density at radius 1 is 1.24 bits per heavy atom. The third-order valence-electron chi connectivity index (χ3n) is 4.07. The molecule has 1 aromatic carbocycles. The predicted octanol–water partition coefficient (Wildman–Crippen LogP) is 1.62. The van der Waals surface area contributed by atoms with E-state index in [1.54, 1.807) is 24.3 Å². The first-order valence-electron chi connectivity index (χ1n) is 7.30. The Balaban J connectivity index is 1.61. The summed E-state index contributed by atoms with van der Waals surface area (Å²) in [5, 5.41) is 11.9. The zero-order chi connectivity index (χ0) is 14.7. The Bertz CT molecular complexity index is 567. The maximum Gasteiger partial charge on any atom is 0.251 e. The molecule has 2 fully saturated rings. The van der Waals surface area contributed by atoms with Crippen LogP contribution in [-0.4, -0.2) is 37.4 Å². The largest absolute Gasteiger partial charge is 0.373 e. The quantitative estimate of drug-likeness (QED) is 0.897. The van der Waals surface area contributed by atoms with Crippen LogP contribution in [0.3, 0.4) is 0 Å². The van der Waals surface area contributed by atoms with E-state index in [9.17, 15) is 4.79 Å². The molecule has 1 amide bonds. The maximum absolute atomic E-state index is 12.2. The normalized spacial score (nSPS) is 28.2. The van der Waals surface area contributed by atoms with E-state index in [0.29, 0.717) is 24.3 Å². The average Bonchev–Trinajstić information content (AvgIpc) is 2.54. The summed E-state index contributed by atoms with van der Waals surface area (Å²) in [4.78, 5) is 12.2. The van der Waals surface area contributed by atoms with Crippen molar-refractivity contribution in [2.24, 2.45) is 0 Å². The summed E-state index contributed by atoms with van der Waals surface area (Å²) >= 11 is 0. The van der Waals surface area contributed by atoms with Crippen molar-refractivity contribution in [2.45, 2.75) is 37.5 Å². The number of benzene rings is 1. The van der Waals surface area contributed by atoms with Crippen molar-refractivity contribution in [3.63, 3.8) is 0 Å². The van der Waals surface area contributed by atoms with E-state index >= 15 is 0 Å². The van der Waals surface area contributed by atoms with Crippen LogP contribution in [0.1, 0.15) is 35.2 Å². The lowest BCUT2D eigenvalue weighted by Crippen LogP contribution is -2.49. The van der Waals surface area contributed by atoms with Gasteiger partial charge in [0.05, 0.1) is 37.1 Å². The molecule has 5 nitrogen and oxygen atoms in total. The van der Waals surface area contributed by atoms with Gasteiger partial charge in [0.25, 0.3) is 5.91 Å². The molecule has 0 radical (unpaired) electrons. The van der Waals surface area contributed by atoms with Crippen LogP contribution in [-0.2, 0) is 9.47 Å². The van der Waals surface area contributed by atoms with Crippen LogP contribution >= 0.6 is 0 Å². The minimum absolute atomic E-state index is 0.0863. The van der Waals surface area contributed by atoms with Crippen LogP contribution in [0.15, 0.2) is 24.3 Å². The number of hydrogen-bond acceptors (Lipinski definition) is 4. The smallest absolute Gasteiger partial charge is 0.251 e. The zero-order valence-electron chi connectivity index (χ0n) is 11.7. The first-order chi connectivity index (χ1) is 10.3. The second kappa shape index (κ2) is 6.25. The first-order valence-corrected chi connectivity index (χ1v) is 7.30. The van der Waals surface area contributed by atoms with Gasteiger partial charge in [0.2, 0.25) is 0 Å². The summed E-state index contributed by atoms with van der Waals surface area (Å²) in [6.45, 7) is 1.30. The molecule has 2 aliphatic rings. The minimum Gasteiger partial charge on any atom is -0.373 e. The van der Waals surface area contributed by atoms with Gasteiger partial charge in [-0.2, -0.15) is 5.26 Å². The summed E-state index contributed by atoms with van der Waals surface area (Å²) in [5.41, 5.74) is 1.02. The SMILES string of the molecule is N#Cc1cccc(C(=O)N[C@@H]2CC[C@@H]3OCCO[C@H]3C2)c1. The van der Waals surface area contributed by atoms with E-state index < -0.39 is 0 Å². The van der Waals surface area contributed by atoms with Crippen LogP contribution in [0.2, 0.25) is 0 Å². The molecule has 0 unspecified atom stereocenters. The number of nitriles is 1. The number of fused-ring (bicyclic) bond motifs is 1.